The number of fused-ring (bicyclic) bond motifs is 1. The Morgan fingerprint density at radius 2 is 1.97 bits per heavy atom. The summed E-state index contributed by atoms with van der Waals surface area (Å²) in [6.45, 7) is 2.33. The first-order chi connectivity index (χ1) is 14.3. The molecule has 0 spiro atoms. The number of benzene rings is 2. The van der Waals surface area contributed by atoms with E-state index in [4.69, 9.17) is 16.3 Å². The fourth-order valence-electron chi connectivity index (χ4n) is 4.61. The molecule has 3 saturated carbocycles. The van der Waals surface area contributed by atoms with E-state index in [0.29, 0.717) is 18.9 Å². The quantitative estimate of drug-likeness (QED) is 0.702. The van der Waals surface area contributed by atoms with E-state index < -0.39 is 5.82 Å². The lowest BCUT2D eigenvalue weighted by Gasteiger charge is -2.39. The maximum atomic E-state index is 13.5. The molecule has 0 aliphatic heterocycles. The van der Waals surface area contributed by atoms with Crippen molar-refractivity contribution >= 4 is 23.4 Å². The summed E-state index contributed by atoms with van der Waals surface area (Å²) in [6, 6.07) is 12.0. The van der Waals surface area contributed by atoms with E-state index in [2.05, 4.69) is 10.6 Å². The van der Waals surface area contributed by atoms with Gasteiger partial charge in [0.2, 0.25) is 5.91 Å². The summed E-state index contributed by atoms with van der Waals surface area (Å²) in [5, 5.41) is 6.07. The van der Waals surface area contributed by atoms with E-state index in [-0.39, 0.29) is 40.7 Å². The molecular weight excluding hydrogens is 407 g/mol. The molecule has 2 aromatic rings. The second-order valence-corrected chi connectivity index (χ2v) is 8.72. The van der Waals surface area contributed by atoms with Crippen molar-refractivity contribution in [2.75, 3.05) is 6.61 Å². The minimum Gasteiger partial charge on any atom is -0.484 e. The molecule has 2 amide bonds. The number of hydrogen-bond donors (Lipinski definition) is 2. The Balaban J connectivity index is 1.26. The number of ether oxygens (including phenoxy) is 1. The number of hydrogen-bond acceptors (Lipinski definition) is 3. The highest BCUT2D eigenvalue weighted by molar-refractivity contribution is 6.30. The first-order valence-corrected chi connectivity index (χ1v) is 10.4. The van der Waals surface area contributed by atoms with Crippen LogP contribution in [0.4, 0.5) is 4.39 Å². The average Bonchev–Trinajstić information content (AvgIpc) is 3.23. The molecule has 3 aliphatic rings. The highest BCUT2D eigenvalue weighted by Crippen LogP contribution is 2.55. The third-order valence-electron chi connectivity index (χ3n) is 6.20. The van der Waals surface area contributed by atoms with Crippen molar-refractivity contribution in [1.82, 2.24) is 10.6 Å². The molecule has 2 bridgehead atoms. The second-order valence-electron chi connectivity index (χ2n) is 8.32. The molecule has 0 aromatic heterocycles. The lowest BCUT2D eigenvalue weighted by molar-refractivity contribution is -0.126. The number of halogens is 2. The average molecular weight is 431 g/mol. The van der Waals surface area contributed by atoms with Crippen LogP contribution in [0.1, 0.15) is 30.4 Å². The van der Waals surface area contributed by atoms with Gasteiger partial charge >= 0.3 is 0 Å². The van der Waals surface area contributed by atoms with Gasteiger partial charge in [0, 0.05) is 24.1 Å². The number of carbonyl (C=O) groups is 2. The van der Waals surface area contributed by atoms with Crippen LogP contribution >= 0.6 is 11.6 Å². The maximum absolute atomic E-state index is 13.5. The van der Waals surface area contributed by atoms with Crippen molar-refractivity contribution in [3.05, 3.63) is 64.4 Å². The largest absolute Gasteiger partial charge is 0.484 e. The predicted octanol–water partition coefficient (Wildman–Crippen LogP) is 3.77. The summed E-state index contributed by atoms with van der Waals surface area (Å²) >= 11 is 5.64. The molecule has 158 valence electrons. The Labute approximate surface area is 179 Å². The summed E-state index contributed by atoms with van der Waals surface area (Å²) in [7, 11) is 0. The van der Waals surface area contributed by atoms with Crippen LogP contribution in [0.5, 0.6) is 5.75 Å². The maximum Gasteiger partial charge on any atom is 0.258 e. The van der Waals surface area contributed by atoms with Gasteiger partial charge in [0.15, 0.2) is 6.61 Å². The molecule has 0 radical (unpaired) electrons. The van der Waals surface area contributed by atoms with Crippen molar-refractivity contribution in [2.24, 2.45) is 11.8 Å². The number of rotatable bonds is 7. The number of carbonyl (C=O) groups excluding carboxylic acids is 2. The van der Waals surface area contributed by atoms with Gasteiger partial charge in [0.25, 0.3) is 5.91 Å². The van der Waals surface area contributed by atoms with Crippen LogP contribution in [-0.2, 0) is 16.1 Å². The van der Waals surface area contributed by atoms with Crippen LogP contribution in [0.25, 0.3) is 0 Å². The van der Waals surface area contributed by atoms with E-state index in [0.717, 1.165) is 30.0 Å². The molecule has 2 aromatic carbocycles. The first-order valence-electron chi connectivity index (χ1n) is 10.1. The Kier molecular flexibility index (Phi) is 5.69. The van der Waals surface area contributed by atoms with Gasteiger partial charge in [-0.3, -0.25) is 9.59 Å². The molecule has 0 heterocycles. The topological polar surface area (TPSA) is 67.4 Å². The van der Waals surface area contributed by atoms with Gasteiger partial charge in [0.1, 0.15) is 11.6 Å². The standard InChI is InChI=1S/C23H24ClFN2O3/c1-14-4-2-3-5-15(14)12-26-22(29)18-11-23(9-16(18)10-23)27-21(28)13-30-17-6-7-19(24)20(25)8-17/h2-8,16,18H,9-13H2,1H3,(H,26,29)(H,27,28)/t16?,18-,23?/m1/s1. The van der Waals surface area contributed by atoms with Crippen molar-refractivity contribution in [3.63, 3.8) is 0 Å². The van der Waals surface area contributed by atoms with Gasteiger partial charge in [0.05, 0.1) is 5.02 Å². The van der Waals surface area contributed by atoms with Crippen LogP contribution in [0.2, 0.25) is 5.02 Å². The molecular formula is C23H24ClFN2O3. The molecule has 0 saturated heterocycles. The molecule has 7 heteroatoms. The van der Waals surface area contributed by atoms with E-state index in [1.807, 2.05) is 31.2 Å². The zero-order chi connectivity index (χ0) is 21.3. The summed E-state index contributed by atoms with van der Waals surface area (Å²) in [6.07, 6.45) is 2.24. The predicted molar refractivity (Wildman–Crippen MR) is 112 cm³/mol. The summed E-state index contributed by atoms with van der Waals surface area (Å²) in [5.74, 6) is -0.357. The third-order valence-corrected chi connectivity index (χ3v) is 6.51. The molecule has 0 unspecified atom stereocenters. The highest BCUT2D eigenvalue weighted by Gasteiger charge is 2.58. The smallest absolute Gasteiger partial charge is 0.258 e. The molecule has 5 rings (SSSR count). The molecule has 30 heavy (non-hydrogen) atoms. The fraction of sp³-hybridized carbons (Fsp3) is 0.391. The molecule has 2 N–H and O–H groups in total. The normalized spacial score (nSPS) is 24.1. The monoisotopic (exact) mass is 430 g/mol. The van der Waals surface area contributed by atoms with Gasteiger partial charge in [-0.2, -0.15) is 0 Å². The SMILES string of the molecule is Cc1ccccc1CNC(=O)[C@@H]1CC2(NC(=O)COc3ccc(Cl)c(F)c3)CC1C2. The summed E-state index contributed by atoms with van der Waals surface area (Å²) in [4.78, 5) is 25.0. The number of amides is 2. The lowest BCUT2D eigenvalue weighted by atomic mass is 9.76. The Morgan fingerprint density at radius 3 is 2.70 bits per heavy atom. The fourth-order valence-corrected chi connectivity index (χ4v) is 4.73. The van der Waals surface area contributed by atoms with Crippen LogP contribution in [0, 0.1) is 24.6 Å². The molecule has 1 atom stereocenters. The summed E-state index contributed by atoms with van der Waals surface area (Å²) in [5.41, 5.74) is 1.92. The number of nitrogens with one attached hydrogen (secondary N) is 2. The van der Waals surface area contributed by atoms with Crippen LogP contribution in [0.3, 0.4) is 0 Å². The van der Waals surface area contributed by atoms with Crippen LogP contribution < -0.4 is 15.4 Å². The van der Waals surface area contributed by atoms with Crippen molar-refractivity contribution < 1.29 is 18.7 Å². The minimum absolute atomic E-state index is 0.00361. The van der Waals surface area contributed by atoms with Gasteiger partial charge in [-0.15, -0.1) is 0 Å². The molecule has 5 nitrogen and oxygen atoms in total. The first kappa shape index (κ1) is 20.7. The second kappa shape index (κ2) is 8.26. The number of aryl methyl sites for hydroxylation is 1. The van der Waals surface area contributed by atoms with E-state index in [1.165, 1.54) is 12.1 Å². The Morgan fingerprint density at radius 1 is 1.20 bits per heavy atom. The van der Waals surface area contributed by atoms with Crippen molar-refractivity contribution in [3.8, 4) is 5.75 Å². The van der Waals surface area contributed by atoms with Crippen molar-refractivity contribution in [1.29, 1.82) is 0 Å². The van der Waals surface area contributed by atoms with E-state index in [9.17, 15) is 14.0 Å². The van der Waals surface area contributed by atoms with Gasteiger partial charge in [-0.1, -0.05) is 35.9 Å². The highest BCUT2D eigenvalue weighted by atomic mass is 35.5. The minimum atomic E-state index is -0.592. The van der Waals surface area contributed by atoms with Gasteiger partial charge in [-0.25, -0.2) is 4.39 Å². The lowest BCUT2D eigenvalue weighted by Crippen LogP contribution is -2.53. The summed E-state index contributed by atoms with van der Waals surface area (Å²) < 4.78 is 18.8. The van der Waals surface area contributed by atoms with Gasteiger partial charge in [-0.05, 0) is 55.4 Å². The zero-order valence-corrected chi connectivity index (χ0v) is 17.5. The van der Waals surface area contributed by atoms with E-state index >= 15 is 0 Å². The van der Waals surface area contributed by atoms with Crippen LogP contribution in [-0.4, -0.2) is 24.0 Å². The zero-order valence-electron chi connectivity index (χ0n) is 16.7. The van der Waals surface area contributed by atoms with E-state index in [1.54, 1.807) is 0 Å². The van der Waals surface area contributed by atoms with Gasteiger partial charge < -0.3 is 15.4 Å². The van der Waals surface area contributed by atoms with Crippen LogP contribution in [0.15, 0.2) is 42.5 Å². The Hall–Kier alpha value is -2.60. The Bertz CT molecular complexity index is 975. The molecule has 3 aliphatic carbocycles. The van der Waals surface area contributed by atoms with Crippen molar-refractivity contribution in [2.45, 2.75) is 38.3 Å². The molecule has 3 fully saturated rings. The third kappa shape index (κ3) is 4.29.